The molecule has 0 saturated carbocycles. The molecule has 0 bridgehead atoms. The standard InChI is InChI=1S/C24H26ClN3O3/c1-15-10-17-12-18(23(29)27-22(17)11-16(15)2)13-28(14-21-4-3-9-31-21)24(30)26-20-7-5-19(25)6-8-20/h5-8,10-12,21H,3-4,9,13-14H2,1-2H3,(H,26,30)(H,27,29). The van der Waals surface area contributed by atoms with E-state index in [-0.39, 0.29) is 24.2 Å². The minimum Gasteiger partial charge on any atom is -0.376 e. The zero-order chi connectivity index (χ0) is 22.0. The Kier molecular flexibility index (Phi) is 6.30. The fourth-order valence-electron chi connectivity index (χ4n) is 3.83. The molecule has 1 fully saturated rings. The fourth-order valence-corrected chi connectivity index (χ4v) is 3.96. The SMILES string of the molecule is Cc1cc2cc(CN(CC3CCCO3)C(=O)Nc3ccc(Cl)cc3)c(=O)[nH]c2cc1C. The number of amides is 2. The number of aryl methyl sites for hydroxylation is 2. The van der Waals surface area contributed by atoms with Gasteiger partial charge in [0.1, 0.15) is 0 Å². The summed E-state index contributed by atoms with van der Waals surface area (Å²) in [6.45, 7) is 5.38. The molecule has 2 amide bonds. The molecule has 1 unspecified atom stereocenters. The number of aromatic nitrogens is 1. The Hall–Kier alpha value is -2.83. The first-order valence-electron chi connectivity index (χ1n) is 10.5. The predicted octanol–water partition coefficient (Wildman–Crippen LogP) is 5.01. The number of anilines is 1. The first-order chi connectivity index (χ1) is 14.9. The number of aromatic amines is 1. The number of hydrogen-bond donors (Lipinski definition) is 2. The topological polar surface area (TPSA) is 74.4 Å². The maximum atomic E-state index is 13.1. The van der Waals surface area contributed by atoms with Gasteiger partial charge in [0.15, 0.2) is 0 Å². The van der Waals surface area contributed by atoms with E-state index in [1.54, 1.807) is 29.2 Å². The minimum atomic E-state index is -0.280. The van der Waals surface area contributed by atoms with E-state index in [9.17, 15) is 9.59 Å². The summed E-state index contributed by atoms with van der Waals surface area (Å²) in [6.07, 6.45) is 1.85. The monoisotopic (exact) mass is 439 g/mol. The van der Waals surface area contributed by atoms with E-state index >= 15 is 0 Å². The molecule has 162 valence electrons. The first kappa shape index (κ1) is 21.4. The smallest absolute Gasteiger partial charge is 0.322 e. The van der Waals surface area contributed by atoms with Gasteiger partial charge in [-0.1, -0.05) is 11.6 Å². The summed E-state index contributed by atoms with van der Waals surface area (Å²) < 4.78 is 5.74. The van der Waals surface area contributed by atoms with Crippen LogP contribution in [0, 0.1) is 13.8 Å². The van der Waals surface area contributed by atoms with Gasteiger partial charge in [-0.3, -0.25) is 4.79 Å². The summed E-state index contributed by atoms with van der Waals surface area (Å²) in [5.74, 6) is 0. The molecule has 3 aromatic rings. The Morgan fingerprint density at radius 3 is 2.65 bits per heavy atom. The number of ether oxygens (including phenoxy) is 1. The molecule has 31 heavy (non-hydrogen) atoms. The van der Waals surface area contributed by atoms with Crippen LogP contribution in [-0.4, -0.2) is 35.2 Å². The van der Waals surface area contributed by atoms with Crippen molar-refractivity contribution in [3.63, 3.8) is 0 Å². The Bertz CT molecular complexity index is 1150. The van der Waals surface area contributed by atoms with Crippen molar-refractivity contribution in [2.75, 3.05) is 18.5 Å². The predicted molar refractivity (Wildman–Crippen MR) is 124 cm³/mol. The lowest BCUT2D eigenvalue weighted by atomic mass is 10.0. The molecule has 1 atom stereocenters. The third-order valence-electron chi connectivity index (χ3n) is 5.73. The van der Waals surface area contributed by atoms with Gasteiger partial charge in [0.25, 0.3) is 5.56 Å². The molecule has 0 aliphatic carbocycles. The molecule has 6 nitrogen and oxygen atoms in total. The Balaban J connectivity index is 1.61. The molecule has 0 spiro atoms. The third-order valence-corrected chi connectivity index (χ3v) is 5.98. The number of urea groups is 1. The number of rotatable bonds is 5. The zero-order valence-electron chi connectivity index (χ0n) is 17.7. The second-order valence-corrected chi connectivity index (χ2v) is 8.54. The van der Waals surface area contributed by atoms with Gasteiger partial charge >= 0.3 is 6.03 Å². The fraction of sp³-hybridized carbons (Fsp3) is 0.333. The van der Waals surface area contributed by atoms with Crippen LogP contribution >= 0.6 is 11.6 Å². The molecular formula is C24H26ClN3O3. The van der Waals surface area contributed by atoms with Crippen LogP contribution in [0.4, 0.5) is 10.5 Å². The van der Waals surface area contributed by atoms with Crippen molar-refractivity contribution in [2.24, 2.45) is 0 Å². The van der Waals surface area contributed by atoms with Crippen LogP contribution in [-0.2, 0) is 11.3 Å². The van der Waals surface area contributed by atoms with Crippen LogP contribution in [0.5, 0.6) is 0 Å². The number of nitrogens with one attached hydrogen (secondary N) is 2. The van der Waals surface area contributed by atoms with Crippen molar-refractivity contribution in [2.45, 2.75) is 39.3 Å². The van der Waals surface area contributed by atoms with Crippen molar-refractivity contribution >= 4 is 34.2 Å². The maximum absolute atomic E-state index is 13.1. The van der Waals surface area contributed by atoms with Gasteiger partial charge in [-0.25, -0.2) is 4.79 Å². The van der Waals surface area contributed by atoms with E-state index in [4.69, 9.17) is 16.3 Å². The number of hydrogen-bond acceptors (Lipinski definition) is 3. The van der Waals surface area contributed by atoms with E-state index in [0.717, 1.165) is 34.9 Å². The van der Waals surface area contributed by atoms with Crippen LogP contribution in [0.2, 0.25) is 5.02 Å². The van der Waals surface area contributed by atoms with Crippen LogP contribution < -0.4 is 10.9 Å². The Morgan fingerprint density at radius 2 is 1.94 bits per heavy atom. The van der Waals surface area contributed by atoms with Crippen LogP contribution in [0.25, 0.3) is 10.9 Å². The van der Waals surface area contributed by atoms with Crippen LogP contribution in [0.15, 0.2) is 47.3 Å². The highest BCUT2D eigenvalue weighted by atomic mass is 35.5. The van der Waals surface area contributed by atoms with Crippen molar-refractivity contribution in [1.82, 2.24) is 9.88 Å². The molecule has 1 aliphatic rings. The summed E-state index contributed by atoms with van der Waals surface area (Å²) in [6, 6.07) is 12.6. The van der Waals surface area contributed by atoms with Crippen molar-refractivity contribution in [3.05, 3.63) is 74.5 Å². The summed E-state index contributed by atoms with van der Waals surface area (Å²) in [5.41, 5.74) is 4.08. The van der Waals surface area contributed by atoms with Crippen molar-refractivity contribution in [3.8, 4) is 0 Å². The van der Waals surface area contributed by atoms with E-state index in [1.165, 1.54) is 0 Å². The van der Waals surface area contributed by atoms with Crippen LogP contribution in [0.3, 0.4) is 0 Å². The minimum absolute atomic E-state index is 0.0274. The number of benzene rings is 2. The highest BCUT2D eigenvalue weighted by Gasteiger charge is 2.24. The van der Waals surface area contributed by atoms with Gasteiger partial charge < -0.3 is 19.9 Å². The van der Waals surface area contributed by atoms with E-state index in [1.807, 2.05) is 26.0 Å². The third kappa shape index (κ3) is 5.09. The normalized spacial score (nSPS) is 15.9. The molecule has 2 aromatic carbocycles. The maximum Gasteiger partial charge on any atom is 0.322 e. The highest BCUT2D eigenvalue weighted by molar-refractivity contribution is 6.30. The van der Waals surface area contributed by atoms with Gasteiger partial charge in [-0.15, -0.1) is 0 Å². The number of halogens is 1. The average molecular weight is 440 g/mol. The van der Waals surface area contributed by atoms with Gasteiger partial charge in [0.2, 0.25) is 0 Å². The summed E-state index contributed by atoms with van der Waals surface area (Å²) in [7, 11) is 0. The molecular weight excluding hydrogens is 414 g/mol. The highest BCUT2D eigenvalue weighted by Crippen LogP contribution is 2.20. The molecule has 1 saturated heterocycles. The molecule has 1 aromatic heterocycles. The second kappa shape index (κ2) is 9.12. The summed E-state index contributed by atoms with van der Waals surface area (Å²) >= 11 is 5.94. The van der Waals surface area contributed by atoms with Gasteiger partial charge in [-0.05, 0) is 85.7 Å². The average Bonchev–Trinajstić information content (AvgIpc) is 3.24. The van der Waals surface area contributed by atoms with Gasteiger partial charge in [-0.2, -0.15) is 0 Å². The Morgan fingerprint density at radius 1 is 1.19 bits per heavy atom. The second-order valence-electron chi connectivity index (χ2n) is 8.10. The lowest BCUT2D eigenvalue weighted by molar-refractivity contribution is 0.0818. The Labute approximate surface area is 186 Å². The van der Waals surface area contributed by atoms with E-state index < -0.39 is 0 Å². The number of carbonyl (C=O) groups is 1. The van der Waals surface area contributed by atoms with Gasteiger partial charge in [0, 0.05) is 34.9 Å². The van der Waals surface area contributed by atoms with Gasteiger partial charge in [0.05, 0.1) is 12.6 Å². The number of fused-ring (bicyclic) bond motifs is 1. The van der Waals surface area contributed by atoms with Crippen LogP contribution in [0.1, 0.15) is 29.5 Å². The van der Waals surface area contributed by atoms with Crippen molar-refractivity contribution < 1.29 is 9.53 Å². The molecule has 2 N–H and O–H groups in total. The van der Waals surface area contributed by atoms with Crippen molar-refractivity contribution in [1.29, 1.82) is 0 Å². The summed E-state index contributed by atoms with van der Waals surface area (Å²) in [5, 5.41) is 4.45. The molecule has 7 heteroatoms. The van der Waals surface area contributed by atoms with E-state index in [0.29, 0.717) is 29.4 Å². The number of pyridine rings is 1. The zero-order valence-corrected chi connectivity index (χ0v) is 18.5. The summed E-state index contributed by atoms with van der Waals surface area (Å²) in [4.78, 5) is 30.4. The quantitative estimate of drug-likeness (QED) is 0.586. The molecule has 2 heterocycles. The van der Waals surface area contributed by atoms with E-state index in [2.05, 4.69) is 16.4 Å². The lowest BCUT2D eigenvalue weighted by Crippen LogP contribution is -2.40. The largest absolute Gasteiger partial charge is 0.376 e. The number of nitrogens with zero attached hydrogens (tertiary/aromatic N) is 1. The molecule has 0 radical (unpaired) electrons. The first-order valence-corrected chi connectivity index (χ1v) is 10.8. The number of H-pyrrole nitrogens is 1. The lowest BCUT2D eigenvalue weighted by Gasteiger charge is -2.26. The molecule has 1 aliphatic heterocycles. The molecule has 4 rings (SSSR count). The number of carbonyl (C=O) groups excluding carboxylic acids is 1.